The molecule has 0 aliphatic carbocycles. The molecule has 2 N–H and O–H groups in total. The third-order valence-corrected chi connectivity index (χ3v) is 3.43. The smallest absolute Gasteiger partial charge is 0.259 e. The van der Waals surface area contributed by atoms with Gasteiger partial charge in [-0.2, -0.15) is 0 Å². The topological polar surface area (TPSA) is 49.3 Å². The van der Waals surface area contributed by atoms with Crippen LogP contribution in [0.1, 0.15) is 41.3 Å². The van der Waals surface area contributed by atoms with Gasteiger partial charge in [0.1, 0.15) is 5.75 Å². The zero-order valence-electron chi connectivity index (χ0n) is 12.5. The van der Waals surface area contributed by atoms with Crippen molar-refractivity contribution in [3.8, 4) is 5.75 Å². The highest BCUT2D eigenvalue weighted by atomic mass is 16.3. The number of phenolic OH excluding ortho intramolecular Hbond substituents is 1. The van der Waals surface area contributed by atoms with Crippen LogP contribution < -0.4 is 5.32 Å². The van der Waals surface area contributed by atoms with Gasteiger partial charge in [0.05, 0.1) is 5.56 Å². The number of aryl methyl sites for hydroxylation is 2. The number of carbonyl (C=O) groups excluding carboxylic acids is 1. The first-order chi connectivity index (χ1) is 10.1. The molecular weight excluding hydrogens is 262 g/mol. The number of hydrogen-bond acceptors (Lipinski definition) is 2. The Morgan fingerprint density at radius 3 is 2.52 bits per heavy atom. The lowest BCUT2D eigenvalue weighted by atomic mass is 10.1. The largest absolute Gasteiger partial charge is 0.507 e. The molecule has 1 amide bonds. The number of benzene rings is 2. The average Bonchev–Trinajstić information content (AvgIpc) is 2.49. The standard InChI is InChI=1S/C18H21NO2/c1-3-4-5-14-7-9-15(10-8-14)19-18(21)16-12-13(2)6-11-17(16)20/h6-12,20H,3-5H2,1-2H3,(H,19,21). The molecule has 3 nitrogen and oxygen atoms in total. The number of carbonyl (C=O) groups is 1. The van der Waals surface area contributed by atoms with Gasteiger partial charge in [-0.3, -0.25) is 4.79 Å². The van der Waals surface area contributed by atoms with Crippen LogP contribution in [-0.4, -0.2) is 11.0 Å². The SMILES string of the molecule is CCCCc1ccc(NC(=O)c2cc(C)ccc2O)cc1. The number of amides is 1. The minimum Gasteiger partial charge on any atom is -0.507 e. The van der Waals surface area contributed by atoms with Crippen molar-refractivity contribution in [1.29, 1.82) is 0 Å². The Morgan fingerprint density at radius 1 is 1.14 bits per heavy atom. The maximum absolute atomic E-state index is 12.2. The molecule has 2 rings (SSSR count). The number of phenols is 1. The Bertz CT molecular complexity index is 618. The van der Waals surface area contributed by atoms with Crippen LogP contribution in [0, 0.1) is 6.92 Å². The van der Waals surface area contributed by atoms with Gasteiger partial charge in [0.15, 0.2) is 0 Å². The van der Waals surface area contributed by atoms with Gasteiger partial charge in [0.25, 0.3) is 5.91 Å². The molecule has 0 heterocycles. The molecule has 0 aliphatic heterocycles. The Morgan fingerprint density at radius 2 is 1.86 bits per heavy atom. The second-order valence-corrected chi connectivity index (χ2v) is 5.28. The molecule has 0 radical (unpaired) electrons. The lowest BCUT2D eigenvalue weighted by molar-refractivity contribution is 0.102. The average molecular weight is 283 g/mol. The number of rotatable bonds is 5. The van der Waals surface area contributed by atoms with Gasteiger partial charge in [-0.05, 0) is 49.6 Å². The van der Waals surface area contributed by atoms with Crippen molar-refractivity contribution in [3.05, 3.63) is 59.2 Å². The second kappa shape index (κ2) is 6.93. The van der Waals surface area contributed by atoms with Gasteiger partial charge in [-0.15, -0.1) is 0 Å². The summed E-state index contributed by atoms with van der Waals surface area (Å²) >= 11 is 0. The quantitative estimate of drug-likeness (QED) is 0.859. The molecule has 110 valence electrons. The molecule has 0 saturated carbocycles. The summed E-state index contributed by atoms with van der Waals surface area (Å²) in [5.74, 6) is -0.296. The predicted octanol–water partition coefficient (Wildman–Crippen LogP) is 4.30. The maximum atomic E-state index is 12.2. The first-order valence-electron chi connectivity index (χ1n) is 7.30. The van der Waals surface area contributed by atoms with Crippen LogP contribution in [0.5, 0.6) is 5.75 Å². The van der Waals surface area contributed by atoms with E-state index in [1.54, 1.807) is 12.1 Å². The third-order valence-electron chi connectivity index (χ3n) is 3.43. The molecule has 0 unspecified atom stereocenters. The summed E-state index contributed by atoms with van der Waals surface area (Å²) in [6.07, 6.45) is 3.40. The molecule has 3 heteroatoms. The van der Waals surface area contributed by atoms with Crippen LogP contribution in [0.15, 0.2) is 42.5 Å². The van der Waals surface area contributed by atoms with Crippen LogP contribution in [0.2, 0.25) is 0 Å². The monoisotopic (exact) mass is 283 g/mol. The number of aromatic hydroxyl groups is 1. The van der Waals surface area contributed by atoms with E-state index in [4.69, 9.17) is 0 Å². The number of hydrogen-bond donors (Lipinski definition) is 2. The van der Waals surface area contributed by atoms with Gasteiger partial charge in [0.2, 0.25) is 0 Å². The van der Waals surface area contributed by atoms with Crippen molar-refractivity contribution in [3.63, 3.8) is 0 Å². The molecule has 0 saturated heterocycles. The first kappa shape index (κ1) is 15.1. The van der Waals surface area contributed by atoms with Crippen LogP contribution in [0.25, 0.3) is 0 Å². The van der Waals surface area contributed by atoms with Gasteiger partial charge in [0, 0.05) is 5.69 Å². The number of anilines is 1. The van der Waals surface area contributed by atoms with E-state index in [2.05, 4.69) is 12.2 Å². The lowest BCUT2D eigenvalue weighted by Gasteiger charge is -2.08. The van der Waals surface area contributed by atoms with Gasteiger partial charge < -0.3 is 10.4 Å². The number of unbranched alkanes of at least 4 members (excludes halogenated alkanes) is 1. The highest BCUT2D eigenvalue weighted by Crippen LogP contribution is 2.20. The van der Waals surface area contributed by atoms with E-state index in [9.17, 15) is 9.90 Å². The van der Waals surface area contributed by atoms with Crippen molar-refractivity contribution in [2.24, 2.45) is 0 Å². The van der Waals surface area contributed by atoms with Crippen molar-refractivity contribution < 1.29 is 9.90 Å². The van der Waals surface area contributed by atoms with E-state index in [-0.39, 0.29) is 11.7 Å². The zero-order valence-corrected chi connectivity index (χ0v) is 12.5. The molecule has 0 aromatic heterocycles. The van der Waals surface area contributed by atoms with E-state index in [1.807, 2.05) is 31.2 Å². The predicted molar refractivity (Wildman–Crippen MR) is 85.9 cm³/mol. The van der Waals surface area contributed by atoms with Crippen molar-refractivity contribution in [2.45, 2.75) is 33.1 Å². The molecule has 21 heavy (non-hydrogen) atoms. The summed E-state index contributed by atoms with van der Waals surface area (Å²) in [6.45, 7) is 4.06. The lowest BCUT2D eigenvalue weighted by Crippen LogP contribution is -2.12. The highest BCUT2D eigenvalue weighted by Gasteiger charge is 2.11. The summed E-state index contributed by atoms with van der Waals surface area (Å²) in [5, 5.41) is 12.6. The minimum atomic E-state index is -0.294. The first-order valence-corrected chi connectivity index (χ1v) is 7.30. The maximum Gasteiger partial charge on any atom is 0.259 e. The molecule has 0 bridgehead atoms. The summed E-state index contributed by atoms with van der Waals surface area (Å²) in [4.78, 5) is 12.2. The van der Waals surface area contributed by atoms with Crippen molar-refractivity contribution in [2.75, 3.05) is 5.32 Å². The summed E-state index contributed by atoms with van der Waals surface area (Å²) in [7, 11) is 0. The Kier molecular flexibility index (Phi) is 4.99. The minimum absolute atomic E-state index is 0.00216. The fourth-order valence-electron chi connectivity index (χ4n) is 2.17. The van der Waals surface area contributed by atoms with Crippen molar-refractivity contribution in [1.82, 2.24) is 0 Å². The van der Waals surface area contributed by atoms with Crippen LogP contribution >= 0.6 is 0 Å². The van der Waals surface area contributed by atoms with E-state index in [0.29, 0.717) is 5.56 Å². The van der Waals surface area contributed by atoms with Gasteiger partial charge in [-0.1, -0.05) is 37.1 Å². The molecule has 0 fully saturated rings. The number of nitrogens with one attached hydrogen (secondary N) is 1. The molecule has 2 aromatic carbocycles. The van der Waals surface area contributed by atoms with E-state index in [0.717, 1.165) is 17.7 Å². The van der Waals surface area contributed by atoms with Crippen LogP contribution in [-0.2, 0) is 6.42 Å². The molecule has 0 spiro atoms. The Balaban J connectivity index is 2.07. The summed E-state index contributed by atoms with van der Waals surface area (Å²) in [5.41, 5.74) is 3.24. The summed E-state index contributed by atoms with van der Waals surface area (Å²) < 4.78 is 0. The van der Waals surface area contributed by atoms with E-state index in [1.165, 1.54) is 24.5 Å². The van der Waals surface area contributed by atoms with Crippen LogP contribution in [0.3, 0.4) is 0 Å². The van der Waals surface area contributed by atoms with E-state index < -0.39 is 0 Å². The molecular formula is C18H21NO2. The fourth-order valence-corrected chi connectivity index (χ4v) is 2.17. The molecule has 2 aromatic rings. The normalized spacial score (nSPS) is 10.4. The Labute approximate surface area is 125 Å². The van der Waals surface area contributed by atoms with Gasteiger partial charge >= 0.3 is 0 Å². The molecule has 0 atom stereocenters. The van der Waals surface area contributed by atoms with Crippen molar-refractivity contribution >= 4 is 11.6 Å². The molecule has 0 aliphatic rings. The Hall–Kier alpha value is -2.29. The fraction of sp³-hybridized carbons (Fsp3) is 0.278. The zero-order chi connectivity index (χ0) is 15.2. The van der Waals surface area contributed by atoms with E-state index >= 15 is 0 Å². The second-order valence-electron chi connectivity index (χ2n) is 5.28. The third kappa shape index (κ3) is 4.09. The summed E-state index contributed by atoms with van der Waals surface area (Å²) in [6, 6.07) is 12.8. The van der Waals surface area contributed by atoms with Crippen LogP contribution in [0.4, 0.5) is 5.69 Å². The highest BCUT2D eigenvalue weighted by molar-refractivity contribution is 6.06. The van der Waals surface area contributed by atoms with Gasteiger partial charge in [-0.25, -0.2) is 0 Å².